The van der Waals surface area contributed by atoms with E-state index in [1.165, 1.54) is 43.4 Å². The smallest absolute Gasteiger partial charge is 0.238 e. The first kappa shape index (κ1) is 21.2. The van der Waals surface area contributed by atoms with Crippen molar-refractivity contribution < 1.29 is 4.79 Å². The summed E-state index contributed by atoms with van der Waals surface area (Å²) in [5.74, 6) is 0.0541. The molecule has 1 unspecified atom stereocenters. The van der Waals surface area contributed by atoms with Crippen LogP contribution in [-0.4, -0.2) is 37.0 Å². The second kappa shape index (κ2) is 10.3. The molecule has 2 heterocycles. The number of piperidine rings is 1. The van der Waals surface area contributed by atoms with Gasteiger partial charge in [-0.3, -0.25) is 9.69 Å². The number of likely N-dealkylation sites (tertiary alicyclic amines) is 1. The first-order valence-corrected chi connectivity index (χ1v) is 11.7. The third-order valence-corrected chi connectivity index (χ3v) is 6.59. The predicted molar refractivity (Wildman–Crippen MR) is 125 cm³/mol. The number of carbonyl (C=O) groups is 1. The molecule has 2 aliphatic heterocycles. The minimum Gasteiger partial charge on any atom is -0.372 e. The lowest BCUT2D eigenvalue weighted by Gasteiger charge is -2.35. The van der Waals surface area contributed by atoms with Gasteiger partial charge in [0.05, 0.1) is 6.54 Å². The van der Waals surface area contributed by atoms with Crippen molar-refractivity contribution in [1.29, 1.82) is 0 Å². The van der Waals surface area contributed by atoms with Crippen molar-refractivity contribution in [1.82, 2.24) is 4.90 Å². The molecule has 0 radical (unpaired) electrons. The minimum absolute atomic E-state index is 0.0541. The fourth-order valence-corrected chi connectivity index (χ4v) is 4.84. The lowest BCUT2D eigenvalue weighted by Crippen LogP contribution is -2.39. The van der Waals surface area contributed by atoms with Crippen LogP contribution < -0.4 is 10.2 Å². The first-order valence-electron chi connectivity index (χ1n) is 11.3. The Balaban J connectivity index is 1.35. The van der Waals surface area contributed by atoms with E-state index in [1.807, 2.05) is 24.3 Å². The summed E-state index contributed by atoms with van der Waals surface area (Å²) in [6, 6.07) is 16.7. The van der Waals surface area contributed by atoms with Gasteiger partial charge in [-0.2, -0.15) is 0 Å². The minimum atomic E-state index is 0.0541. The molecule has 1 amide bonds. The topological polar surface area (TPSA) is 35.6 Å². The zero-order chi connectivity index (χ0) is 20.8. The van der Waals surface area contributed by atoms with Gasteiger partial charge in [-0.25, -0.2) is 0 Å². The molecule has 160 valence electrons. The van der Waals surface area contributed by atoms with E-state index in [9.17, 15) is 4.79 Å². The molecule has 2 aliphatic rings. The number of amides is 1. The molecule has 0 bridgehead atoms. The van der Waals surface area contributed by atoms with Crippen LogP contribution in [0.4, 0.5) is 11.4 Å². The van der Waals surface area contributed by atoms with Gasteiger partial charge in [0.15, 0.2) is 0 Å². The average molecular weight is 426 g/mol. The van der Waals surface area contributed by atoms with E-state index in [4.69, 9.17) is 11.6 Å². The van der Waals surface area contributed by atoms with Crippen LogP contribution >= 0.6 is 11.6 Å². The van der Waals surface area contributed by atoms with Crippen molar-refractivity contribution in [2.45, 2.75) is 51.0 Å². The van der Waals surface area contributed by atoms with Crippen molar-refractivity contribution in [3.05, 3.63) is 59.1 Å². The van der Waals surface area contributed by atoms with Gasteiger partial charge in [0.1, 0.15) is 0 Å². The molecule has 2 aromatic carbocycles. The molecular formula is C25H32ClN3O. The number of benzene rings is 2. The van der Waals surface area contributed by atoms with E-state index in [1.54, 1.807) is 0 Å². The van der Waals surface area contributed by atoms with Crippen LogP contribution in [0.25, 0.3) is 0 Å². The molecule has 4 nitrogen and oxygen atoms in total. The molecule has 0 aliphatic carbocycles. The summed E-state index contributed by atoms with van der Waals surface area (Å²) in [7, 11) is 0. The fourth-order valence-electron chi connectivity index (χ4n) is 4.71. The van der Waals surface area contributed by atoms with Crippen molar-refractivity contribution >= 4 is 28.9 Å². The molecular weight excluding hydrogens is 394 g/mol. The first-order chi connectivity index (χ1) is 14.7. The maximum atomic E-state index is 12.8. The van der Waals surface area contributed by atoms with E-state index in [0.717, 1.165) is 43.2 Å². The van der Waals surface area contributed by atoms with E-state index >= 15 is 0 Å². The Morgan fingerprint density at radius 3 is 2.23 bits per heavy atom. The van der Waals surface area contributed by atoms with E-state index < -0.39 is 0 Å². The highest BCUT2D eigenvalue weighted by atomic mass is 35.5. The van der Waals surface area contributed by atoms with Crippen LogP contribution in [-0.2, 0) is 4.79 Å². The summed E-state index contributed by atoms with van der Waals surface area (Å²) in [4.78, 5) is 17.5. The van der Waals surface area contributed by atoms with Crippen LogP contribution in [0.2, 0.25) is 5.02 Å². The highest BCUT2D eigenvalue weighted by molar-refractivity contribution is 6.30. The van der Waals surface area contributed by atoms with Gasteiger partial charge in [-0.1, -0.05) is 43.0 Å². The Bertz CT molecular complexity index is 813. The maximum absolute atomic E-state index is 12.8. The van der Waals surface area contributed by atoms with E-state index in [2.05, 4.69) is 39.4 Å². The Hall–Kier alpha value is -2.04. The largest absolute Gasteiger partial charge is 0.372 e. The monoisotopic (exact) mass is 425 g/mol. The van der Waals surface area contributed by atoms with Crippen LogP contribution in [0.15, 0.2) is 48.5 Å². The zero-order valence-corrected chi connectivity index (χ0v) is 18.4. The summed E-state index contributed by atoms with van der Waals surface area (Å²) in [6.45, 7) is 3.63. The standard InChI is InChI=1S/C25H32ClN3O/c26-21-10-8-20(9-11-21)24-7-3-6-18-29(24)19-25(30)27-22-12-14-23(15-13-22)28-16-4-1-2-5-17-28/h8-15,24H,1-7,16-19H2,(H,27,30). The number of nitrogens with zero attached hydrogens (tertiary/aromatic N) is 2. The van der Waals surface area contributed by atoms with Crippen LogP contribution in [0.1, 0.15) is 56.6 Å². The van der Waals surface area contributed by atoms with E-state index in [-0.39, 0.29) is 11.9 Å². The summed E-state index contributed by atoms with van der Waals surface area (Å²) in [5.41, 5.74) is 3.38. The predicted octanol–water partition coefficient (Wildman–Crippen LogP) is 5.89. The van der Waals surface area contributed by atoms with Crippen molar-refractivity contribution in [2.24, 2.45) is 0 Å². The van der Waals surface area contributed by atoms with Crippen molar-refractivity contribution in [3.63, 3.8) is 0 Å². The molecule has 5 heteroatoms. The molecule has 0 spiro atoms. The molecule has 2 aromatic rings. The van der Waals surface area contributed by atoms with Gasteiger partial charge in [-0.05, 0) is 74.2 Å². The number of hydrogen-bond acceptors (Lipinski definition) is 3. The quantitative estimate of drug-likeness (QED) is 0.649. The number of carbonyl (C=O) groups excluding carboxylic acids is 1. The number of nitrogens with one attached hydrogen (secondary N) is 1. The van der Waals surface area contributed by atoms with Gasteiger partial charge in [0.2, 0.25) is 5.91 Å². The van der Waals surface area contributed by atoms with Gasteiger partial charge in [-0.15, -0.1) is 0 Å². The maximum Gasteiger partial charge on any atom is 0.238 e. The molecule has 0 aromatic heterocycles. The zero-order valence-electron chi connectivity index (χ0n) is 17.7. The molecule has 0 saturated carbocycles. The molecule has 1 atom stereocenters. The normalized spacial score (nSPS) is 20.6. The lowest BCUT2D eigenvalue weighted by atomic mass is 9.95. The molecule has 1 N–H and O–H groups in total. The molecule has 4 rings (SSSR count). The second-order valence-corrected chi connectivity index (χ2v) is 8.97. The van der Waals surface area contributed by atoms with E-state index in [0.29, 0.717) is 6.54 Å². The summed E-state index contributed by atoms with van der Waals surface area (Å²) in [5, 5.41) is 3.84. The Morgan fingerprint density at radius 1 is 0.867 bits per heavy atom. The van der Waals surface area contributed by atoms with Crippen LogP contribution in [0, 0.1) is 0 Å². The highest BCUT2D eigenvalue weighted by Gasteiger charge is 2.25. The average Bonchev–Trinajstić information content (AvgIpc) is 3.05. The van der Waals surface area contributed by atoms with Gasteiger partial charge >= 0.3 is 0 Å². The Labute approximate surface area is 185 Å². The van der Waals surface area contributed by atoms with Gasteiger partial charge in [0, 0.05) is 35.5 Å². The van der Waals surface area contributed by atoms with Crippen molar-refractivity contribution in [2.75, 3.05) is 36.4 Å². The summed E-state index contributed by atoms with van der Waals surface area (Å²) < 4.78 is 0. The Kier molecular flexibility index (Phi) is 7.29. The van der Waals surface area contributed by atoms with Crippen LogP contribution in [0.3, 0.4) is 0 Å². The lowest BCUT2D eigenvalue weighted by molar-refractivity contribution is -0.118. The number of rotatable bonds is 5. The number of halogens is 1. The molecule has 30 heavy (non-hydrogen) atoms. The van der Waals surface area contributed by atoms with Gasteiger partial charge in [0.25, 0.3) is 0 Å². The number of anilines is 2. The Morgan fingerprint density at radius 2 is 1.53 bits per heavy atom. The second-order valence-electron chi connectivity index (χ2n) is 8.53. The highest BCUT2D eigenvalue weighted by Crippen LogP contribution is 2.31. The third-order valence-electron chi connectivity index (χ3n) is 6.34. The summed E-state index contributed by atoms with van der Waals surface area (Å²) >= 11 is 6.05. The molecule has 2 saturated heterocycles. The number of hydrogen-bond donors (Lipinski definition) is 1. The van der Waals surface area contributed by atoms with Crippen molar-refractivity contribution in [3.8, 4) is 0 Å². The summed E-state index contributed by atoms with van der Waals surface area (Å²) in [6.07, 6.45) is 8.62. The fraction of sp³-hybridized carbons (Fsp3) is 0.480. The van der Waals surface area contributed by atoms with Crippen LogP contribution in [0.5, 0.6) is 0 Å². The third kappa shape index (κ3) is 5.55. The SMILES string of the molecule is O=C(CN1CCCCC1c1ccc(Cl)cc1)Nc1ccc(N2CCCCCC2)cc1. The van der Waals surface area contributed by atoms with Gasteiger partial charge < -0.3 is 10.2 Å². The molecule has 2 fully saturated rings.